The van der Waals surface area contributed by atoms with Crippen molar-refractivity contribution in [2.24, 2.45) is 0 Å². The Labute approximate surface area is 141 Å². The van der Waals surface area contributed by atoms with Gasteiger partial charge in [-0.25, -0.2) is 14.8 Å². The number of carbonyl (C=O) groups excluding carboxylic acids is 1. The van der Waals surface area contributed by atoms with Gasteiger partial charge in [0.1, 0.15) is 6.04 Å². The Morgan fingerprint density at radius 2 is 1.87 bits per heavy atom. The van der Waals surface area contributed by atoms with Gasteiger partial charge in [-0.1, -0.05) is 31.5 Å². The number of aryl methyl sites for hydroxylation is 2. The molecule has 0 aliphatic carbocycles. The van der Waals surface area contributed by atoms with E-state index in [9.17, 15) is 9.59 Å². The van der Waals surface area contributed by atoms with Gasteiger partial charge < -0.3 is 10.4 Å². The van der Waals surface area contributed by atoms with Crippen LogP contribution in [0.2, 0.25) is 0 Å². The second-order valence-electron chi connectivity index (χ2n) is 5.46. The van der Waals surface area contributed by atoms with E-state index in [1.807, 2.05) is 27.0 Å². The number of nitrogens with zero attached hydrogens (tertiary/aromatic N) is 2. The van der Waals surface area contributed by atoms with E-state index < -0.39 is 12.0 Å². The number of thioether (sulfide) groups is 1. The number of rotatable bonds is 9. The third-order valence-electron chi connectivity index (χ3n) is 3.66. The van der Waals surface area contributed by atoms with Crippen LogP contribution in [0.4, 0.5) is 0 Å². The summed E-state index contributed by atoms with van der Waals surface area (Å²) in [5, 5.41) is 12.5. The van der Waals surface area contributed by atoms with Gasteiger partial charge in [0, 0.05) is 17.8 Å². The number of carboxylic acids is 1. The first-order valence-electron chi connectivity index (χ1n) is 7.79. The number of carbonyl (C=O) groups is 2. The molecule has 0 aliphatic rings. The Morgan fingerprint density at radius 1 is 1.26 bits per heavy atom. The third-order valence-corrected chi connectivity index (χ3v) is 4.21. The van der Waals surface area contributed by atoms with Gasteiger partial charge in [0.15, 0.2) is 5.16 Å². The highest BCUT2D eigenvalue weighted by atomic mass is 32.2. The molecule has 128 valence electrons. The molecule has 0 aromatic carbocycles. The number of hydrogen-bond acceptors (Lipinski definition) is 5. The Hall–Kier alpha value is -1.63. The van der Waals surface area contributed by atoms with Gasteiger partial charge in [0.05, 0.1) is 0 Å². The zero-order valence-corrected chi connectivity index (χ0v) is 15.0. The van der Waals surface area contributed by atoms with Gasteiger partial charge >= 0.3 is 5.97 Å². The molecule has 0 radical (unpaired) electrons. The Bertz CT molecular complexity index is 540. The summed E-state index contributed by atoms with van der Waals surface area (Å²) in [6.07, 6.45) is 4.80. The maximum Gasteiger partial charge on any atom is 0.326 e. The van der Waals surface area contributed by atoms with Gasteiger partial charge in [-0.15, -0.1) is 0 Å². The molecule has 1 heterocycles. The van der Waals surface area contributed by atoms with E-state index in [4.69, 9.17) is 5.11 Å². The lowest BCUT2D eigenvalue weighted by molar-refractivity contribution is -0.142. The van der Waals surface area contributed by atoms with Crippen LogP contribution in [0.1, 0.15) is 49.6 Å². The van der Waals surface area contributed by atoms with Crippen molar-refractivity contribution < 1.29 is 14.7 Å². The van der Waals surface area contributed by atoms with Gasteiger partial charge in [0.25, 0.3) is 0 Å². The van der Waals surface area contributed by atoms with Crippen molar-refractivity contribution in [2.75, 3.05) is 6.26 Å². The number of nitrogens with one attached hydrogen (secondary N) is 1. The Morgan fingerprint density at radius 3 is 2.35 bits per heavy atom. The number of unbranched alkanes of at least 4 members (excludes halogenated alkanes) is 1. The van der Waals surface area contributed by atoms with Crippen molar-refractivity contribution >= 4 is 23.6 Å². The molecule has 0 fully saturated rings. The molecule has 1 rings (SSSR count). The highest BCUT2D eigenvalue weighted by Gasteiger charge is 2.19. The van der Waals surface area contributed by atoms with E-state index in [2.05, 4.69) is 15.3 Å². The van der Waals surface area contributed by atoms with Gasteiger partial charge in [-0.2, -0.15) is 0 Å². The van der Waals surface area contributed by atoms with Crippen molar-refractivity contribution in [1.29, 1.82) is 0 Å². The van der Waals surface area contributed by atoms with E-state index in [1.54, 1.807) is 0 Å². The summed E-state index contributed by atoms with van der Waals surface area (Å²) < 4.78 is 0. The lowest BCUT2D eigenvalue weighted by Crippen LogP contribution is -2.40. The monoisotopic (exact) mass is 339 g/mol. The first-order valence-corrected chi connectivity index (χ1v) is 9.01. The predicted octanol–water partition coefficient (Wildman–Crippen LogP) is 2.51. The molecule has 2 N–H and O–H groups in total. The molecule has 7 heteroatoms. The fourth-order valence-corrected chi connectivity index (χ4v) is 2.79. The number of carboxylic acid groups (broad SMARTS) is 1. The van der Waals surface area contributed by atoms with Crippen LogP contribution in [0.3, 0.4) is 0 Å². The number of amides is 1. The van der Waals surface area contributed by atoms with Crippen LogP contribution in [-0.2, 0) is 16.0 Å². The summed E-state index contributed by atoms with van der Waals surface area (Å²) in [5.74, 6) is -1.23. The van der Waals surface area contributed by atoms with Crippen LogP contribution in [0, 0.1) is 13.8 Å². The molecule has 1 aromatic heterocycles. The summed E-state index contributed by atoms with van der Waals surface area (Å²) >= 11 is 1.48. The quantitative estimate of drug-likeness (QED) is 0.530. The molecule has 1 atom stereocenters. The molecule has 1 unspecified atom stereocenters. The van der Waals surface area contributed by atoms with Gasteiger partial charge in [0.2, 0.25) is 5.91 Å². The highest BCUT2D eigenvalue weighted by molar-refractivity contribution is 7.98. The zero-order chi connectivity index (χ0) is 17.4. The van der Waals surface area contributed by atoms with E-state index in [-0.39, 0.29) is 12.3 Å². The van der Waals surface area contributed by atoms with Crippen molar-refractivity contribution in [3.05, 3.63) is 17.0 Å². The van der Waals surface area contributed by atoms with Gasteiger partial charge in [-0.05, 0) is 38.5 Å². The standard InChI is InChI=1S/C16H25N3O3S/c1-5-6-7-13(15(21)22)19-14(20)9-8-12-10(2)17-16(23-4)18-11(12)3/h13H,5-9H2,1-4H3,(H,19,20)(H,21,22). The topological polar surface area (TPSA) is 92.2 Å². The zero-order valence-electron chi connectivity index (χ0n) is 14.2. The van der Waals surface area contributed by atoms with Crippen LogP contribution in [0.25, 0.3) is 0 Å². The molecule has 23 heavy (non-hydrogen) atoms. The molecule has 0 saturated carbocycles. The minimum atomic E-state index is -0.980. The minimum absolute atomic E-state index is 0.236. The second kappa shape index (κ2) is 9.50. The molecule has 6 nitrogen and oxygen atoms in total. The number of hydrogen-bond donors (Lipinski definition) is 2. The lowest BCUT2D eigenvalue weighted by atomic mass is 10.1. The minimum Gasteiger partial charge on any atom is -0.480 e. The summed E-state index contributed by atoms with van der Waals surface area (Å²) in [4.78, 5) is 31.9. The van der Waals surface area contributed by atoms with Gasteiger partial charge in [-0.3, -0.25) is 4.79 Å². The van der Waals surface area contributed by atoms with Crippen LogP contribution < -0.4 is 5.32 Å². The molecule has 0 aliphatic heterocycles. The second-order valence-corrected chi connectivity index (χ2v) is 6.23. The largest absolute Gasteiger partial charge is 0.480 e. The van der Waals surface area contributed by atoms with Crippen LogP contribution in [0.15, 0.2) is 5.16 Å². The van der Waals surface area contributed by atoms with Crippen molar-refractivity contribution in [1.82, 2.24) is 15.3 Å². The maximum absolute atomic E-state index is 12.0. The van der Waals surface area contributed by atoms with E-state index in [0.29, 0.717) is 12.8 Å². The molecular formula is C16H25N3O3S. The average molecular weight is 339 g/mol. The SMILES string of the molecule is CCCCC(NC(=O)CCc1c(C)nc(SC)nc1C)C(=O)O. The van der Waals surface area contributed by atoms with Crippen molar-refractivity contribution in [3.63, 3.8) is 0 Å². The molecule has 0 spiro atoms. The maximum atomic E-state index is 12.0. The van der Waals surface area contributed by atoms with E-state index in [0.717, 1.165) is 34.9 Å². The smallest absolute Gasteiger partial charge is 0.326 e. The highest BCUT2D eigenvalue weighted by Crippen LogP contribution is 2.17. The van der Waals surface area contributed by atoms with Crippen molar-refractivity contribution in [3.8, 4) is 0 Å². The van der Waals surface area contributed by atoms with Crippen LogP contribution in [-0.4, -0.2) is 39.2 Å². The number of aliphatic carboxylic acids is 1. The summed E-state index contributed by atoms with van der Waals surface area (Å²) in [6, 6.07) is -0.806. The first kappa shape index (κ1) is 19.4. The predicted molar refractivity (Wildman–Crippen MR) is 90.7 cm³/mol. The summed E-state index contributed by atoms with van der Waals surface area (Å²) in [6.45, 7) is 5.80. The summed E-state index contributed by atoms with van der Waals surface area (Å²) in [7, 11) is 0. The summed E-state index contributed by atoms with van der Waals surface area (Å²) in [5.41, 5.74) is 2.70. The van der Waals surface area contributed by atoms with Crippen molar-refractivity contribution in [2.45, 2.75) is 64.1 Å². The van der Waals surface area contributed by atoms with Crippen LogP contribution in [0.5, 0.6) is 0 Å². The third kappa shape index (κ3) is 6.17. The Balaban J connectivity index is 2.63. The lowest BCUT2D eigenvalue weighted by Gasteiger charge is -2.15. The first-order chi connectivity index (χ1) is 10.9. The average Bonchev–Trinajstić information content (AvgIpc) is 2.49. The molecule has 0 bridgehead atoms. The van der Waals surface area contributed by atoms with Crippen LogP contribution >= 0.6 is 11.8 Å². The van der Waals surface area contributed by atoms with E-state index in [1.165, 1.54) is 11.8 Å². The Kier molecular flexibility index (Phi) is 8.02. The number of aromatic nitrogens is 2. The molecular weight excluding hydrogens is 314 g/mol. The molecule has 0 saturated heterocycles. The fraction of sp³-hybridized carbons (Fsp3) is 0.625. The molecule has 1 aromatic rings. The normalized spacial score (nSPS) is 12.0. The van der Waals surface area contributed by atoms with E-state index >= 15 is 0 Å². The molecule has 1 amide bonds. The fourth-order valence-electron chi connectivity index (χ4n) is 2.33.